The standard InChI is InChI=1S/C21H19FN2O/c1-15-2-6-17(7-3-15)21(25)24-20-12-10-19(11-13-20)23-14-16-4-8-18(22)9-5-16/h2-13,23H,14H2,1H3,(H,24,25). The minimum Gasteiger partial charge on any atom is -0.381 e. The molecule has 0 unspecified atom stereocenters. The fraction of sp³-hybridized carbons (Fsp3) is 0.0952. The van der Waals surface area contributed by atoms with Gasteiger partial charge in [-0.15, -0.1) is 0 Å². The number of amides is 1. The van der Waals surface area contributed by atoms with E-state index in [1.165, 1.54) is 12.1 Å². The third-order valence-electron chi connectivity index (χ3n) is 3.87. The van der Waals surface area contributed by atoms with E-state index < -0.39 is 0 Å². The SMILES string of the molecule is Cc1ccc(C(=O)Nc2ccc(NCc3ccc(F)cc3)cc2)cc1. The summed E-state index contributed by atoms with van der Waals surface area (Å²) in [7, 11) is 0. The van der Waals surface area contributed by atoms with Crippen LogP contribution in [0.3, 0.4) is 0 Å². The molecule has 2 N–H and O–H groups in total. The molecule has 3 aromatic rings. The lowest BCUT2D eigenvalue weighted by molar-refractivity contribution is 0.102. The average molecular weight is 334 g/mol. The second-order valence-corrected chi connectivity index (χ2v) is 5.88. The molecule has 0 saturated heterocycles. The molecule has 0 aliphatic heterocycles. The van der Waals surface area contributed by atoms with Crippen LogP contribution in [0, 0.1) is 12.7 Å². The van der Waals surface area contributed by atoms with Crippen LogP contribution in [0.15, 0.2) is 72.8 Å². The van der Waals surface area contributed by atoms with Gasteiger partial charge < -0.3 is 10.6 Å². The number of carbonyl (C=O) groups excluding carboxylic acids is 1. The minimum atomic E-state index is -0.238. The monoisotopic (exact) mass is 334 g/mol. The number of hydrogen-bond acceptors (Lipinski definition) is 2. The average Bonchev–Trinajstić information content (AvgIpc) is 2.63. The van der Waals surface area contributed by atoms with E-state index in [2.05, 4.69) is 10.6 Å². The van der Waals surface area contributed by atoms with Gasteiger partial charge in [0.15, 0.2) is 0 Å². The van der Waals surface area contributed by atoms with Crippen LogP contribution >= 0.6 is 0 Å². The lowest BCUT2D eigenvalue weighted by Gasteiger charge is -2.09. The Morgan fingerprint density at radius 3 is 2.08 bits per heavy atom. The molecule has 126 valence electrons. The predicted octanol–water partition coefficient (Wildman–Crippen LogP) is 5.00. The quantitative estimate of drug-likeness (QED) is 0.689. The number of anilines is 2. The van der Waals surface area contributed by atoms with E-state index in [1.807, 2.05) is 55.5 Å². The van der Waals surface area contributed by atoms with Crippen molar-refractivity contribution in [2.75, 3.05) is 10.6 Å². The van der Waals surface area contributed by atoms with Crippen molar-refractivity contribution in [3.05, 3.63) is 95.3 Å². The molecule has 3 aromatic carbocycles. The van der Waals surface area contributed by atoms with Crippen molar-refractivity contribution in [1.29, 1.82) is 0 Å². The van der Waals surface area contributed by atoms with E-state index in [0.29, 0.717) is 12.1 Å². The number of rotatable bonds is 5. The molecule has 0 heterocycles. The maximum absolute atomic E-state index is 12.9. The highest BCUT2D eigenvalue weighted by atomic mass is 19.1. The molecule has 0 atom stereocenters. The lowest BCUT2D eigenvalue weighted by Crippen LogP contribution is -2.11. The molecule has 0 aliphatic rings. The van der Waals surface area contributed by atoms with Gasteiger partial charge in [0, 0.05) is 23.5 Å². The van der Waals surface area contributed by atoms with Crippen LogP contribution < -0.4 is 10.6 Å². The number of carbonyl (C=O) groups is 1. The Hall–Kier alpha value is -3.14. The van der Waals surface area contributed by atoms with Crippen LogP contribution in [0.4, 0.5) is 15.8 Å². The number of halogens is 1. The molecule has 25 heavy (non-hydrogen) atoms. The van der Waals surface area contributed by atoms with Gasteiger partial charge in [0.1, 0.15) is 5.82 Å². The van der Waals surface area contributed by atoms with Gasteiger partial charge in [-0.1, -0.05) is 29.8 Å². The summed E-state index contributed by atoms with van der Waals surface area (Å²) < 4.78 is 12.9. The van der Waals surface area contributed by atoms with E-state index in [9.17, 15) is 9.18 Å². The summed E-state index contributed by atoms with van der Waals surface area (Å²) in [5, 5.41) is 6.14. The van der Waals surface area contributed by atoms with Crippen LogP contribution in [-0.2, 0) is 6.54 Å². The summed E-state index contributed by atoms with van der Waals surface area (Å²) in [6.45, 7) is 2.59. The smallest absolute Gasteiger partial charge is 0.255 e. The van der Waals surface area contributed by atoms with Crippen molar-refractivity contribution in [2.24, 2.45) is 0 Å². The Bertz CT molecular complexity index is 841. The molecule has 0 aliphatic carbocycles. The fourth-order valence-electron chi connectivity index (χ4n) is 2.39. The first-order valence-electron chi connectivity index (χ1n) is 8.06. The molecule has 0 fully saturated rings. The van der Waals surface area contributed by atoms with E-state index in [1.54, 1.807) is 12.1 Å². The fourth-order valence-corrected chi connectivity index (χ4v) is 2.39. The summed E-state index contributed by atoms with van der Waals surface area (Å²) in [4.78, 5) is 12.2. The highest BCUT2D eigenvalue weighted by Gasteiger charge is 2.05. The summed E-state index contributed by atoms with van der Waals surface area (Å²) in [6, 6.07) is 21.3. The highest BCUT2D eigenvalue weighted by molar-refractivity contribution is 6.04. The molecule has 0 aromatic heterocycles. The van der Waals surface area contributed by atoms with Crippen molar-refractivity contribution in [1.82, 2.24) is 0 Å². The molecular weight excluding hydrogens is 315 g/mol. The zero-order valence-corrected chi connectivity index (χ0v) is 13.9. The Balaban J connectivity index is 1.57. The molecule has 4 heteroatoms. The highest BCUT2D eigenvalue weighted by Crippen LogP contribution is 2.16. The Kier molecular flexibility index (Phi) is 5.09. The van der Waals surface area contributed by atoms with Gasteiger partial charge in [-0.05, 0) is 61.0 Å². The zero-order chi connectivity index (χ0) is 17.6. The number of aryl methyl sites for hydroxylation is 1. The van der Waals surface area contributed by atoms with Crippen molar-refractivity contribution < 1.29 is 9.18 Å². The third-order valence-corrected chi connectivity index (χ3v) is 3.87. The van der Waals surface area contributed by atoms with Crippen molar-refractivity contribution in [2.45, 2.75) is 13.5 Å². The normalized spacial score (nSPS) is 10.3. The number of nitrogens with one attached hydrogen (secondary N) is 2. The number of benzene rings is 3. The molecule has 0 saturated carbocycles. The van der Waals surface area contributed by atoms with E-state index in [4.69, 9.17) is 0 Å². The lowest BCUT2D eigenvalue weighted by atomic mass is 10.1. The second kappa shape index (κ2) is 7.62. The summed E-state index contributed by atoms with van der Waals surface area (Å²) in [6.07, 6.45) is 0. The maximum atomic E-state index is 12.9. The van der Waals surface area contributed by atoms with Crippen molar-refractivity contribution in [3.8, 4) is 0 Å². The van der Waals surface area contributed by atoms with E-state index in [-0.39, 0.29) is 11.7 Å². The summed E-state index contributed by atoms with van der Waals surface area (Å²) >= 11 is 0. The third kappa shape index (κ3) is 4.67. The van der Waals surface area contributed by atoms with Crippen LogP contribution in [0.2, 0.25) is 0 Å². The molecule has 3 nitrogen and oxygen atoms in total. The van der Waals surface area contributed by atoms with Gasteiger partial charge in [0.2, 0.25) is 0 Å². The van der Waals surface area contributed by atoms with E-state index >= 15 is 0 Å². The molecule has 1 amide bonds. The molecule has 0 radical (unpaired) electrons. The van der Waals surface area contributed by atoms with Gasteiger partial charge in [-0.25, -0.2) is 4.39 Å². The van der Waals surface area contributed by atoms with E-state index in [0.717, 1.165) is 22.5 Å². The largest absolute Gasteiger partial charge is 0.381 e. The van der Waals surface area contributed by atoms with Crippen LogP contribution in [0.25, 0.3) is 0 Å². The maximum Gasteiger partial charge on any atom is 0.255 e. The van der Waals surface area contributed by atoms with Crippen LogP contribution in [0.1, 0.15) is 21.5 Å². The van der Waals surface area contributed by atoms with Crippen molar-refractivity contribution >= 4 is 17.3 Å². The van der Waals surface area contributed by atoms with Crippen LogP contribution in [0.5, 0.6) is 0 Å². The zero-order valence-electron chi connectivity index (χ0n) is 13.9. The summed E-state index contributed by atoms with van der Waals surface area (Å²) in [5.41, 5.74) is 4.41. The van der Waals surface area contributed by atoms with Gasteiger partial charge >= 0.3 is 0 Å². The topological polar surface area (TPSA) is 41.1 Å². The van der Waals surface area contributed by atoms with Gasteiger partial charge in [0.05, 0.1) is 0 Å². The molecule has 3 rings (SSSR count). The minimum absolute atomic E-state index is 0.132. The Labute approximate surface area is 146 Å². The first-order chi connectivity index (χ1) is 12.1. The van der Waals surface area contributed by atoms with Gasteiger partial charge in [-0.2, -0.15) is 0 Å². The first-order valence-corrected chi connectivity index (χ1v) is 8.06. The molecule has 0 bridgehead atoms. The summed E-state index contributed by atoms with van der Waals surface area (Å²) in [5.74, 6) is -0.371. The number of hydrogen-bond donors (Lipinski definition) is 2. The second-order valence-electron chi connectivity index (χ2n) is 5.88. The molecular formula is C21H19FN2O. The molecule has 0 spiro atoms. The first kappa shape index (κ1) is 16.7. The predicted molar refractivity (Wildman–Crippen MR) is 99.3 cm³/mol. The van der Waals surface area contributed by atoms with Gasteiger partial charge in [-0.3, -0.25) is 4.79 Å². The van der Waals surface area contributed by atoms with Gasteiger partial charge in [0.25, 0.3) is 5.91 Å². The van der Waals surface area contributed by atoms with Crippen molar-refractivity contribution in [3.63, 3.8) is 0 Å². The Morgan fingerprint density at radius 1 is 0.840 bits per heavy atom. The Morgan fingerprint density at radius 2 is 1.44 bits per heavy atom. The van der Waals surface area contributed by atoms with Crippen LogP contribution in [-0.4, -0.2) is 5.91 Å².